The van der Waals surface area contributed by atoms with Gasteiger partial charge in [-0.1, -0.05) is 29.8 Å². The molecular weight excluding hydrogens is 316 g/mol. The van der Waals surface area contributed by atoms with E-state index in [4.69, 9.17) is 4.74 Å². The lowest BCUT2D eigenvalue weighted by molar-refractivity contribution is -0.118. The van der Waals surface area contributed by atoms with E-state index in [1.54, 1.807) is 18.2 Å². The van der Waals surface area contributed by atoms with Gasteiger partial charge in [0.2, 0.25) is 0 Å². The average Bonchev–Trinajstić information content (AvgIpc) is 3.44. The van der Waals surface area contributed by atoms with Gasteiger partial charge in [-0.2, -0.15) is 0 Å². The van der Waals surface area contributed by atoms with Gasteiger partial charge in [0.25, 0.3) is 11.8 Å². The van der Waals surface area contributed by atoms with Crippen molar-refractivity contribution in [3.05, 3.63) is 59.2 Å². The molecule has 128 valence electrons. The summed E-state index contributed by atoms with van der Waals surface area (Å²) in [6.45, 7) is 2.06. The van der Waals surface area contributed by atoms with Gasteiger partial charge >= 0.3 is 0 Å². The summed E-state index contributed by atoms with van der Waals surface area (Å²) in [6.07, 6.45) is 2.26. The molecule has 1 unspecified atom stereocenters. The number of anilines is 1. The highest BCUT2D eigenvalue weighted by molar-refractivity contribution is 6.00. The molecule has 2 aromatic rings. The molecule has 4 rings (SSSR count). The van der Waals surface area contributed by atoms with Crippen LogP contribution in [-0.2, 0) is 4.79 Å². The zero-order valence-corrected chi connectivity index (χ0v) is 14.0. The first kappa shape index (κ1) is 15.7. The highest BCUT2D eigenvalue weighted by Crippen LogP contribution is 2.41. The van der Waals surface area contributed by atoms with E-state index in [9.17, 15) is 9.59 Å². The standard InChI is InChI=1S/C20H20N2O3/c1-12-2-4-13(5-3-12)19(14-6-7-14)22-20(24)15-8-9-17-16(10-15)21-18(23)11-25-17/h2-5,8-10,14,19H,6-7,11H2,1H3,(H,21,23)(H,22,24). The molecular formula is C20H20N2O3. The van der Waals surface area contributed by atoms with Crippen molar-refractivity contribution in [1.29, 1.82) is 0 Å². The molecule has 1 fully saturated rings. The first-order valence-electron chi connectivity index (χ1n) is 8.54. The summed E-state index contributed by atoms with van der Waals surface area (Å²) in [4.78, 5) is 24.2. The van der Waals surface area contributed by atoms with E-state index in [1.807, 2.05) is 0 Å². The maximum atomic E-state index is 12.7. The maximum absolute atomic E-state index is 12.7. The predicted molar refractivity (Wildman–Crippen MR) is 94.7 cm³/mol. The summed E-state index contributed by atoms with van der Waals surface area (Å²) < 4.78 is 5.34. The van der Waals surface area contributed by atoms with Crippen LogP contribution in [0.5, 0.6) is 5.75 Å². The monoisotopic (exact) mass is 336 g/mol. The van der Waals surface area contributed by atoms with Gasteiger partial charge in [-0.25, -0.2) is 0 Å². The number of benzene rings is 2. The van der Waals surface area contributed by atoms with Crippen molar-refractivity contribution >= 4 is 17.5 Å². The second-order valence-electron chi connectivity index (χ2n) is 6.75. The molecule has 0 bridgehead atoms. The van der Waals surface area contributed by atoms with E-state index in [-0.39, 0.29) is 24.5 Å². The van der Waals surface area contributed by atoms with E-state index >= 15 is 0 Å². The second-order valence-corrected chi connectivity index (χ2v) is 6.75. The first-order valence-corrected chi connectivity index (χ1v) is 8.54. The molecule has 2 N–H and O–H groups in total. The largest absolute Gasteiger partial charge is 0.482 e. The zero-order chi connectivity index (χ0) is 17.4. The maximum Gasteiger partial charge on any atom is 0.262 e. The molecule has 0 spiro atoms. The Labute approximate surface area is 146 Å². The number of nitrogens with one attached hydrogen (secondary N) is 2. The van der Waals surface area contributed by atoms with Gasteiger partial charge in [-0.3, -0.25) is 9.59 Å². The number of amides is 2. The molecule has 0 saturated heterocycles. The lowest BCUT2D eigenvalue weighted by Crippen LogP contribution is -2.30. The fourth-order valence-electron chi connectivity index (χ4n) is 3.13. The van der Waals surface area contributed by atoms with Crippen LogP contribution >= 0.6 is 0 Å². The Hall–Kier alpha value is -2.82. The topological polar surface area (TPSA) is 67.4 Å². The molecule has 1 aliphatic carbocycles. The zero-order valence-electron chi connectivity index (χ0n) is 14.0. The number of ether oxygens (including phenoxy) is 1. The highest BCUT2D eigenvalue weighted by Gasteiger charge is 2.33. The molecule has 5 heteroatoms. The molecule has 1 atom stereocenters. The molecule has 2 aromatic carbocycles. The Bertz CT molecular complexity index is 825. The van der Waals surface area contributed by atoms with Crippen LogP contribution in [0, 0.1) is 12.8 Å². The minimum Gasteiger partial charge on any atom is -0.482 e. The van der Waals surface area contributed by atoms with Crippen LogP contribution in [0.25, 0.3) is 0 Å². The van der Waals surface area contributed by atoms with Gasteiger partial charge in [-0.15, -0.1) is 0 Å². The summed E-state index contributed by atoms with van der Waals surface area (Å²) >= 11 is 0. The van der Waals surface area contributed by atoms with E-state index < -0.39 is 0 Å². The van der Waals surface area contributed by atoms with Crippen LogP contribution < -0.4 is 15.4 Å². The molecule has 0 radical (unpaired) electrons. The van der Waals surface area contributed by atoms with Gasteiger partial charge in [0.15, 0.2) is 6.61 Å². The molecule has 2 amide bonds. The molecule has 0 aromatic heterocycles. The van der Waals surface area contributed by atoms with Crippen molar-refractivity contribution in [2.75, 3.05) is 11.9 Å². The van der Waals surface area contributed by atoms with Crippen LogP contribution in [-0.4, -0.2) is 18.4 Å². The number of hydrogen-bond acceptors (Lipinski definition) is 3. The summed E-state index contributed by atoms with van der Waals surface area (Å²) in [6, 6.07) is 13.5. The fraction of sp³-hybridized carbons (Fsp3) is 0.300. The van der Waals surface area contributed by atoms with E-state index in [0.717, 1.165) is 18.4 Å². The van der Waals surface area contributed by atoms with Crippen molar-refractivity contribution in [3.63, 3.8) is 0 Å². The molecule has 1 saturated carbocycles. The first-order chi connectivity index (χ1) is 12.1. The Morgan fingerprint density at radius 3 is 2.68 bits per heavy atom. The van der Waals surface area contributed by atoms with E-state index in [1.165, 1.54) is 5.56 Å². The van der Waals surface area contributed by atoms with Gasteiger partial charge in [0.05, 0.1) is 11.7 Å². The second kappa shape index (κ2) is 6.24. The van der Waals surface area contributed by atoms with Crippen molar-refractivity contribution < 1.29 is 14.3 Å². The summed E-state index contributed by atoms with van der Waals surface area (Å²) in [5, 5.41) is 5.89. The van der Waals surface area contributed by atoms with Crippen LogP contribution in [0.3, 0.4) is 0 Å². The van der Waals surface area contributed by atoms with Gasteiger partial charge in [0.1, 0.15) is 5.75 Å². The number of fused-ring (bicyclic) bond motifs is 1. The minimum absolute atomic E-state index is 0.00964. The Morgan fingerprint density at radius 1 is 1.20 bits per heavy atom. The third-order valence-electron chi connectivity index (χ3n) is 4.69. The Balaban J connectivity index is 1.55. The van der Waals surface area contributed by atoms with Crippen LogP contribution in [0.2, 0.25) is 0 Å². The molecule has 5 nitrogen and oxygen atoms in total. The molecule has 25 heavy (non-hydrogen) atoms. The number of hydrogen-bond donors (Lipinski definition) is 2. The van der Waals surface area contributed by atoms with Gasteiger partial charge in [0, 0.05) is 5.56 Å². The summed E-state index contributed by atoms with van der Waals surface area (Å²) in [5.41, 5.74) is 3.40. The van der Waals surface area contributed by atoms with Crippen LogP contribution in [0.1, 0.15) is 40.4 Å². The van der Waals surface area contributed by atoms with Crippen molar-refractivity contribution in [3.8, 4) is 5.75 Å². The van der Waals surface area contributed by atoms with E-state index in [2.05, 4.69) is 41.8 Å². The predicted octanol–water partition coefficient (Wildman–Crippen LogP) is 3.21. The van der Waals surface area contributed by atoms with Crippen molar-refractivity contribution in [2.24, 2.45) is 5.92 Å². The van der Waals surface area contributed by atoms with Crippen molar-refractivity contribution in [2.45, 2.75) is 25.8 Å². The highest BCUT2D eigenvalue weighted by atomic mass is 16.5. The molecule has 1 heterocycles. The number of carbonyl (C=O) groups excluding carboxylic acids is 2. The summed E-state index contributed by atoms with van der Waals surface area (Å²) in [7, 11) is 0. The van der Waals surface area contributed by atoms with Crippen LogP contribution in [0.15, 0.2) is 42.5 Å². The summed E-state index contributed by atoms with van der Waals surface area (Å²) in [5.74, 6) is 0.737. The number of aryl methyl sites for hydroxylation is 1. The van der Waals surface area contributed by atoms with Crippen LogP contribution in [0.4, 0.5) is 5.69 Å². The lowest BCUT2D eigenvalue weighted by atomic mass is 10.0. The normalized spacial score (nSPS) is 17.1. The van der Waals surface area contributed by atoms with Gasteiger partial charge in [-0.05, 0) is 49.4 Å². The van der Waals surface area contributed by atoms with Crippen molar-refractivity contribution in [1.82, 2.24) is 5.32 Å². The van der Waals surface area contributed by atoms with E-state index in [0.29, 0.717) is 22.9 Å². The number of rotatable bonds is 4. The van der Waals surface area contributed by atoms with Gasteiger partial charge < -0.3 is 15.4 Å². The number of carbonyl (C=O) groups is 2. The SMILES string of the molecule is Cc1ccc(C(NC(=O)c2ccc3c(c2)NC(=O)CO3)C2CC2)cc1. The quantitative estimate of drug-likeness (QED) is 0.901. The molecule has 2 aliphatic rings. The average molecular weight is 336 g/mol. The Morgan fingerprint density at radius 2 is 1.96 bits per heavy atom. The third kappa shape index (κ3) is 3.36. The minimum atomic E-state index is -0.208. The smallest absolute Gasteiger partial charge is 0.262 e. The third-order valence-corrected chi connectivity index (χ3v) is 4.69. The lowest BCUT2D eigenvalue weighted by Gasteiger charge is -2.21. The Kier molecular flexibility index (Phi) is 3.92. The fourth-order valence-corrected chi connectivity index (χ4v) is 3.13. The molecule has 1 aliphatic heterocycles.